The molecule has 0 aliphatic rings. The Kier molecular flexibility index (Phi) is 3.12. The molecule has 0 atom stereocenters. The number of hydrogen-bond acceptors (Lipinski definition) is 3. The number of aldehydes is 1. The highest BCUT2D eigenvalue weighted by atomic mass is 127. The van der Waals surface area contributed by atoms with Gasteiger partial charge in [0.05, 0.1) is 5.69 Å². The van der Waals surface area contributed by atoms with Crippen molar-refractivity contribution in [3.8, 4) is 0 Å². The zero-order chi connectivity index (χ0) is 10.0. The minimum Gasteiger partial charge on any atom is -0.396 e. The van der Waals surface area contributed by atoms with Crippen molar-refractivity contribution >= 4 is 34.6 Å². The van der Waals surface area contributed by atoms with Gasteiger partial charge in [0.1, 0.15) is 9.39 Å². The number of aromatic nitrogens is 1. The van der Waals surface area contributed by atoms with Gasteiger partial charge in [0.25, 0.3) is 6.43 Å². The molecule has 3 nitrogen and oxygen atoms in total. The summed E-state index contributed by atoms with van der Waals surface area (Å²) in [5.41, 5.74) is 5.18. The molecule has 1 heterocycles. The molecule has 1 rings (SSSR count). The fourth-order valence-corrected chi connectivity index (χ4v) is 1.36. The normalized spacial score (nSPS) is 10.5. The number of alkyl halides is 2. The fraction of sp³-hybridized carbons (Fsp3) is 0.143. The molecule has 0 aliphatic heterocycles. The maximum Gasteiger partial charge on any atom is 0.280 e. The van der Waals surface area contributed by atoms with Crippen molar-refractivity contribution in [2.24, 2.45) is 0 Å². The number of carbonyl (C=O) groups excluding carboxylic acids is 1. The van der Waals surface area contributed by atoms with Crippen LogP contribution in [0.1, 0.15) is 22.5 Å². The Hall–Kier alpha value is -0.790. The van der Waals surface area contributed by atoms with Crippen molar-refractivity contribution in [3.05, 3.63) is 21.0 Å². The quantitative estimate of drug-likeness (QED) is 0.516. The van der Waals surface area contributed by atoms with Gasteiger partial charge in [-0.05, 0) is 28.7 Å². The summed E-state index contributed by atoms with van der Waals surface area (Å²) in [7, 11) is 0. The van der Waals surface area contributed by atoms with Gasteiger partial charge in [0, 0.05) is 5.56 Å². The molecule has 0 aliphatic carbocycles. The lowest BCUT2D eigenvalue weighted by atomic mass is 10.2. The van der Waals surface area contributed by atoms with Crippen molar-refractivity contribution in [1.29, 1.82) is 0 Å². The van der Waals surface area contributed by atoms with Crippen LogP contribution in [-0.2, 0) is 0 Å². The van der Waals surface area contributed by atoms with E-state index in [0.29, 0.717) is 6.29 Å². The molecule has 70 valence electrons. The van der Waals surface area contributed by atoms with Crippen LogP contribution in [0.5, 0.6) is 0 Å². The summed E-state index contributed by atoms with van der Waals surface area (Å²) in [5.74, 6) is 0. The van der Waals surface area contributed by atoms with Crippen LogP contribution in [0.4, 0.5) is 14.5 Å². The van der Waals surface area contributed by atoms with E-state index in [-0.39, 0.29) is 15.0 Å². The Labute approximate surface area is 86.5 Å². The van der Waals surface area contributed by atoms with Crippen LogP contribution in [0.3, 0.4) is 0 Å². The van der Waals surface area contributed by atoms with Crippen LogP contribution in [0.25, 0.3) is 0 Å². The second-order valence-corrected chi connectivity index (χ2v) is 3.28. The Bertz CT molecular complexity index is 344. The summed E-state index contributed by atoms with van der Waals surface area (Å²) in [5, 5.41) is 0. The number of anilines is 1. The zero-order valence-corrected chi connectivity index (χ0v) is 8.46. The first-order valence-electron chi connectivity index (χ1n) is 3.25. The first kappa shape index (κ1) is 10.3. The molecule has 0 spiro atoms. The second kappa shape index (κ2) is 3.95. The van der Waals surface area contributed by atoms with E-state index in [9.17, 15) is 13.6 Å². The van der Waals surface area contributed by atoms with E-state index in [4.69, 9.17) is 5.73 Å². The molecular weight excluding hydrogens is 293 g/mol. The number of halogens is 3. The van der Waals surface area contributed by atoms with Crippen LogP contribution in [0, 0.1) is 3.70 Å². The van der Waals surface area contributed by atoms with E-state index in [2.05, 4.69) is 4.98 Å². The van der Waals surface area contributed by atoms with Gasteiger partial charge in [-0.15, -0.1) is 0 Å². The molecule has 0 amide bonds. The molecule has 0 saturated heterocycles. The van der Waals surface area contributed by atoms with Gasteiger partial charge < -0.3 is 5.73 Å². The number of nitrogens with zero attached hydrogens (tertiary/aromatic N) is 1. The highest BCUT2D eigenvalue weighted by Crippen LogP contribution is 2.23. The van der Waals surface area contributed by atoms with E-state index in [0.717, 1.165) is 6.07 Å². The van der Waals surface area contributed by atoms with Gasteiger partial charge in [-0.1, -0.05) is 0 Å². The van der Waals surface area contributed by atoms with Crippen LogP contribution >= 0.6 is 22.6 Å². The molecule has 13 heavy (non-hydrogen) atoms. The standard InChI is InChI=1S/C7H5F2IN2O/c8-6(9)4-1-3(2-13)5(11)7(10)12-4/h1-2,6H,11H2. The lowest BCUT2D eigenvalue weighted by Crippen LogP contribution is -2.02. The van der Waals surface area contributed by atoms with Gasteiger partial charge in [0.2, 0.25) is 0 Å². The number of nitrogen functional groups attached to an aromatic ring is 1. The van der Waals surface area contributed by atoms with Crippen molar-refractivity contribution < 1.29 is 13.6 Å². The SMILES string of the molecule is Nc1c(C=O)cc(C(F)F)nc1I. The molecule has 0 fully saturated rings. The Morgan fingerprint density at radius 2 is 2.23 bits per heavy atom. The number of hydrogen-bond donors (Lipinski definition) is 1. The van der Waals surface area contributed by atoms with Crippen LogP contribution < -0.4 is 5.73 Å². The van der Waals surface area contributed by atoms with Crippen molar-refractivity contribution in [2.45, 2.75) is 6.43 Å². The average molecular weight is 298 g/mol. The van der Waals surface area contributed by atoms with E-state index in [1.807, 2.05) is 0 Å². The molecule has 2 N–H and O–H groups in total. The lowest BCUT2D eigenvalue weighted by Gasteiger charge is -2.04. The predicted molar refractivity (Wildman–Crippen MR) is 51.7 cm³/mol. The Balaban J connectivity index is 3.30. The summed E-state index contributed by atoms with van der Waals surface area (Å²) in [6, 6.07) is 0.995. The maximum atomic E-state index is 12.2. The first-order chi connectivity index (χ1) is 6.06. The first-order valence-corrected chi connectivity index (χ1v) is 4.33. The molecule has 0 saturated carbocycles. The molecule has 1 aromatic rings. The summed E-state index contributed by atoms with van der Waals surface area (Å²) < 4.78 is 24.6. The number of pyridine rings is 1. The molecule has 1 aromatic heterocycles. The van der Waals surface area contributed by atoms with Crippen molar-refractivity contribution in [3.63, 3.8) is 0 Å². The molecule has 0 unspecified atom stereocenters. The minimum atomic E-state index is -2.69. The molecule has 0 bridgehead atoms. The largest absolute Gasteiger partial charge is 0.396 e. The molecular formula is C7H5F2IN2O. The summed E-state index contributed by atoms with van der Waals surface area (Å²) >= 11 is 1.70. The zero-order valence-electron chi connectivity index (χ0n) is 6.30. The minimum absolute atomic E-state index is 0.0506. The van der Waals surface area contributed by atoms with Gasteiger partial charge in [0.15, 0.2) is 6.29 Å². The number of nitrogens with two attached hydrogens (primary N) is 1. The smallest absolute Gasteiger partial charge is 0.280 e. The van der Waals surface area contributed by atoms with Gasteiger partial charge in [-0.3, -0.25) is 4.79 Å². The Morgan fingerprint density at radius 3 is 2.69 bits per heavy atom. The van der Waals surface area contributed by atoms with Gasteiger partial charge in [-0.2, -0.15) is 0 Å². The van der Waals surface area contributed by atoms with Gasteiger partial charge in [-0.25, -0.2) is 13.8 Å². The summed E-state index contributed by atoms with van der Waals surface area (Å²) in [6.07, 6.45) is -2.25. The topological polar surface area (TPSA) is 56.0 Å². The highest BCUT2D eigenvalue weighted by Gasteiger charge is 2.13. The second-order valence-electron chi connectivity index (χ2n) is 2.26. The van der Waals surface area contributed by atoms with E-state index < -0.39 is 12.1 Å². The molecule has 0 aromatic carbocycles. The molecule has 6 heteroatoms. The number of carbonyl (C=O) groups is 1. The molecule has 0 radical (unpaired) electrons. The third kappa shape index (κ3) is 2.11. The van der Waals surface area contributed by atoms with Crippen LogP contribution in [0.15, 0.2) is 6.07 Å². The predicted octanol–water partition coefficient (Wildman–Crippen LogP) is 2.02. The average Bonchev–Trinajstić information content (AvgIpc) is 2.09. The van der Waals surface area contributed by atoms with E-state index >= 15 is 0 Å². The van der Waals surface area contributed by atoms with E-state index in [1.165, 1.54) is 0 Å². The summed E-state index contributed by atoms with van der Waals surface area (Å²) in [4.78, 5) is 13.9. The third-order valence-corrected chi connectivity index (χ3v) is 2.24. The van der Waals surface area contributed by atoms with Crippen LogP contribution in [0.2, 0.25) is 0 Å². The van der Waals surface area contributed by atoms with E-state index in [1.54, 1.807) is 22.6 Å². The fourth-order valence-electron chi connectivity index (χ4n) is 0.771. The van der Waals surface area contributed by atoms with Crippen molar-refractivity contribution in [1.82, 2.24) is 4.98 Å². The third-order valence-electron chi connectivity index (χ3n) is 1.41. The van der Waals surface area contributed by atoms with Crippen molar-refractivity contribution in [2.75, 3.05) is 5.73 Å². The number of rotatable bonds is 2. The van der Waals surface area contributed by atoms with Crippen LogP contribution in [-0.4, -0.2) is 11.3 Å². The Morgan fingerprint density at radius 1 is 1.62 bits per heavy atom. The summed E-state index contributed by atoms with van der Waals surface area (Å²) in [6.45, 7) is 0. The van der Waals surface area contributed by atoms with Gasteiger partial charge >= 0.3 is 0 Å². The lowest BCUT2D eigenvalue weighted by molar-refractivity contribution is 0.112. The monoisotopic (exact) mass is 298 g/mol. The highest BCUT2D eigenvalue weighted by molar-refractivity contribution is 14.1. The maximum absolute atomic E-state index is 12.2.